The van der Waals surface area contributed by atoms with Crippen LogP contribution in [0.4, 0.5) is 15.8 Å². The van der Waals surface area contributed by atoms with Crippen molar-refractivity contribution < 1.29 is 14.0 Å². The number of amides is 2. The highest BCUT2D eigenvalue weighted by Crippen LogP contribution is 2.35. The molecule has 0 radical (unpaired) electrons. The van der Waals surface area contributed by atoms with Crippen LogP contribution in [-0.4, -0.2) is 29.4 Å². The second kappa shape index (κ2) is 8.44. The second-order valence-electron chi connectivity index (χ2n) is 8.13. The van der Waals surface area contributed by atoms with Crippen molar-refractivity contribution in [1.82, 2.24) is 10.3 Å². The van der Waals surface area contributed by atoms with Crippen LogP contribution in [0.2, 0.25) is 0 Å². The molecular formula is C23H27FN4O2. The summed E-state index contributed by atoms with van der Waals surface area (Å²) in [5, 5.41) is 9.08. The summed E-state index contributed by atoms with van der Waals surface area (Å²) in [7, 11) is 0. The predicted octanol–water partition coefficient (Wildman–Crippen LogP) is 4.12. The van der Waals surface area contributed by atoms with Gasteiger partial charge in [-0.2, -0.15) is 0 Å². The molecule has 1 aromatic carbocycles. The van der Waals surface area contributed by atoms with Gasteiger partial charge < -0.3 is 20.9 Å². The largest absolute Gasteiger partial charge is 0.357 e. The van der Waals surface area contributed by atoms with E-state index in [0.717, 1.165) is 29.8 Å². The number of benzene rings is 1. The van der Waals surface area contributed by atoms with Crippen LogP contribution in [0.3, 0.4) is 0 Å². The molecule has 158 valence electrons. The Bertz CT molecular complexity index is 1020. The average molecular weight is 410 g/mol. The molecule has 1 fully saturated rings. The Balaban J connectivity index is 1.50. The zero-order chi connectivity index (χ0) is 21.3. The summed E-state index contributed by atoms with van der Waals surface area (Å²) in [5.74, 6) is -0.755. The molecule has 30 heavy (non-hydrogen) atoms. The minimum Gasteiger partial charge on any atom is -0.357 e. The molecule has 0 bridgehead atoms. The lowest BCUT2D eigenvalue weighted by Crippen LogP contribution is -2.37. The van der Waals surface area contributed by atoms with E-state index in [-0.39, 0.29) is 18.4 Å². The van der Waals surface area contributed by atoms with Gasteiger partial charge in [-0.25, -0.2) is 4.39 Å². The Morgan fingerprint density at radius 1 is 1.23 bits per heavy atom. The molecule has 1 saturated carbocycles. The van der Waals surface area contributed by atoms with Crippen LogP contribution in [0, 0.1) is 19.7 Å². The summed E-state index contributed by atoms with van der Waals surface area (Å²) in [5.41, 5.74) is 4.60. The molecule has 2 heterocycles. The number of halogens is 1. The van der Waals surface area contributed by atoms with Gasteiger partial charge in [-0.1, -0.05) is 19.3 Å². The van der Waals surface area contributed by atoms with E-state index in [1.165, 1.54) is 31.4 Å². The molecule has 1 aliphatic heterocycles. The van der Waals surface area contributed by atoms with E-state index in [9.17, 15) is 14.0 Å². The number of hydrogen-bond donors (Lipinski definition) is 4. The number of nitrogens with one attached hydrogen (secondary N) is 4. The minimum absolute atomic E-state index is 0.0870. The van der Waals surface area contributed by atoms with Crippen molar-refractivity contribution in [2.24, 2.45) is 0 Å². The molecule has 0 unspecified atom stereocenters. The van der Waals surface area contributed by atoms with Gasteiger partial charge in [0.05, 0.1) is 17.8 Å². The topological polar surface area (TPSA) is 86.0 Å². The number of carbonyl (C=O) groups is 2. The Kier molecular flexibility index (Phi) is 5.72. The highest BCUT2D eigenvalue weighted by Gasteiger charge is 2.25. The van der Waals surface area contributed by atoms with Gasteiger partial charge in [-0.05, 0) is 56.5 Å². The van der Waals surface area contributed by atoms with Gasteiger partial charge in [0.15, 0.2) is 0 Å². The monoisotopic (exact) mass is 410 g/mol. The number of aryl methyl sites for hydroxylation is 1. The number of H-pyrrole nitrogens is 1. The number of aromatic nitrogens is 1. The van der Waals surface area contributed by atoms with Gasteiger partial charge in [-0.3, -0.25) is 9.59 Å². The molecule has 0 saturated heterocycles. The van der Waals surface area contributed by atoms with Crippen molar-refractivity contribution in [2.75, 3.05) is 17.2 Å². The Morgan fingerprint density at radius 2 is 2.00 bits per heavy atom. The van der Waals surface area contributed by atoms with Crippen LogP contribution >= 0.6 is 0 Å². The van der Waals surface area contributed by atoms with Gasteiger partial charge in [0, 0.05) is 28.7 Å². The van der Waals surface area contributed by atoms with E-state index < -0.39 is 5.82 Å². The summed E-state index contributed by atoms with van der Waals surface area (Å²) < 4.78 is 13.7. The number of fused-ring (bicyclic) bond motifs is 1. The fourth-order valence-corrected chi connectivity index (χ4v) is 4.28. The molecular weight excluding hydrogens is 383 g/mol. The SMILES string of the molecule is Cc1[nH]c(/C=C2\C(=O)Nc3ccc(F)cc32)c(C)c1NC(=O)CNC1CCCCC1. The molecule has 2 aliphatic rings. The maximum Gasteiger partial charge on any atom is 0.256 e. The normalized spacial score (nSPS) is 17.8. The second-order valence-corrected chi connectivity index (χ2v) is 8.13. The van der Waals surface area contributed by atoms with Crippen molar-refractivity contribution in [3.8, 4) is 0 Å². The van der Waals surface area contributed by atoms with Crippen LogP contribution in [0.25, 0.3) is 11.6 Å². The maximum absolute atomic E-state index is 13.7. The van der Waals surface area contributed by atoms with Gasteiger partial charge in [0.25, 0.3) is 5.91 Å². The van der Waals surface area contributed by atoms with Crippen LogP contribution in [0.1, 0.15) is 54.6 Å². The first-order chi connectivity index (χ1) is 14.4. The zero-order valence-electron chi connectivity index (χ0n) is 17.3. The first kappa shape index (κ1) is 20.3. The third kappa shape index (κ3) is 4.16. The highest BCUT2D eigenvalue weighted by atomic mass is 19.1. The summed E-state index contributed by atoms with van der Waals surface area (Å²) >= 11 is 0. The average Bonchev–Trinajstić information content (AvgIpc) is 3.18. The van der Waals surface area contributed by atoms with Crippen molar-refractivity contribution in [2.45, 2.75) is 52.0 Å². The lowest BCUT2D eigenvalue weighted by molar-refractivity contribution is -0.115. The highest BCUT2D eigenvalue weighted by molar-refractivity contribution is 6.34. The summed E-state index contributed by atoms with van der Waals surface area (Å²) in [4.78, 5) is 28.1. The zero-order valence-corrected chi connectivity index (χ0v) is 17.3. The Morgan fingerprint density at radius 3 is 2.77 bits per heavy atom. The number of hydrogen-bond acceptors (Lipinski definition) is 3. The molecule has 0 atom stereocenters. The Hall–Kier alpha value is -2.93. The first-order valence-corrected chi connectivity index (χ1v) is 10.5. The Labute approximate surface area is 175 Å². The number of aromatic amines is 1. The molecule has 1 aliphatic carbocycles. The number of rotatable bonds is 5. The maximum atomic E-state index is 13.7. The molecule has 6 nitrogen and oxygen atoms in total. The molecule has 0 spiro atoms. The number of carbonyl (C=O) groups excluding carboxylic acids is 2. The molecule has 4 N–H and O–H groups in total. The predicted molar refractivity (Wildman–Crippen MR) is 117 cm³/mol. The van der Waals surface area contributed by atoms with Crippen LogP contribution in [-0.2, 0) is 9.59 Å². The van der Waals surface area contributed by atoms with Crippen LogP contribution in [0.15, 0.2) is 18.2 Å². The molecule has 7 heteroatoms. The molecule has 2 amide bonds. The van der Waals surface area contributed by atoms with Crippen molar-refractivity contribution >= 4 is 34.8 Å². The van der Waals surface area contributed by atoms with Crippen molar-refractivity contribution in [3.05, 3.63) is 46.5 Å². The third-order valence-electron chi connectivity index (χ3n) is 5.95. The smallest absolute Gasteiger partial charge is 0.256 e. The van der Waals surface area contributed by atoms with E-state index >= 15 is 0 Å². The number of anilines is 2. The lowest BCUT2D eigenvalue weighted by Gasteiger charge is -2.22. The van der Waals surface area contributed by atoms with Crippen LogP contribution in [0.5, 0.6) is 0 Å². The van der Waals surface area contributed by atoms with Crippen molar-refractivity contribution in [1.29, 1.82) is 0 Å². The third-order valence-corrected chi connectivity index (χ3v) is 5.95. The van der Waals surface area contributed by atoms with Crippen molar-refractivity contribution in [3.63, 3.8) is 0 Å². The van der Waals surface area contributed by atoms with E-state index in [4.69, 9.17) is 0 Å². The van der Waals surface area contributed by atoms with Gasteiger partial charge in [-0.15, -0.1) is 0 Å². The van der Waals surface area contributed by atoms with E-state index in [0.29, 0.717) is 28.6 Å². The molecule has 4 rings (SSSR count). The minimum atomic E-state index is -0.394. The fourth-order valence-electron chi connectivity index (χ4n) is 4.28. The van der Waals surface area contributed by atoms with Crippen LogP contribution < -0.4 is 16.0 Å². The quantitative estimate of drug-likeness (QED) is 0.559. The first-order valence-electron chi connectivity index (χ1n) is 10.5. The molecule has 2 aromatic rings. The van der Waals surface area contributed by atoms with Gasteiger partial charge >= 0.3 is 0 Å². The van der Waals surface area contributed by atoms with E-state index in [1.54, 1.807) is 12.1 Å². The molecule has 1 aromatic heterocycles. The fraction of sp³-hybridized carbons (Fsp3) is 0.391. The summed E-state index contributed by atoms with van der Waals surface area (Å²) in [6, 6.07) is 4.64. The standard InChI is InChI=1S/C23H27FN4O2/c1-13-20(11-18-17-10-15(24)8-9-19(17)27-23(18)30)26-14(2)22(13)28-21(29)12-25-16-6-4-3-5-7-16/h8-11,16,25-26H,3-7,12H2,1-2H3,(H,27,30)(H,28,29)/b18-11-. The summed E-state index contributed by atoms with van der Waals surface area (Å²) in [6.07, 6.45) is 7.66. The lowest BCUT2D eigenvalue weighted by atomic mass is 9.95. The van der Waals surface area contributed by atoms with Gasteiger partial charge in [0.2, 0.25) is 5.91 Å². The van der Waals surface area contributed by atoms with E-state index in [2.05, 4.69) is 20.9 Å². The van der Waals surface area contributed by atoms with E-state index in [1.807, 2.05) is 13.8 Å². The summed E-state index contributed by atoms with van der Waals surface area (Å²) in [6.45, 7) is 4.04. The van der Waals surface area contributed by atoms with Gasteiger partial charge in [0.1, 0.15) is 5.82 Å².